The van der Waals surface area contributed by atoms with Crippen LogP contribution >= 0.6 is 0 Å². The van der Waals surface area contributed by atoms with Gasteiger partial charge in [-0.15, -0.1) is 0 Å². The number of hydrogen-bond acceptors (Lipinski definition) is 5. The van der Waals surface area contributed by atoms with Crippen LogP contribution in [0, 0.1) is 5.41 Å². The van der Waals surface area contributed by atoms with Crippen molar-refractivity contribution in [3.05, 3.63) is 119 Å². The van der Waals surface area contributed by atoms with Crippen molar-refractivity contribution < 1.29 is 18.0 Å². The minimum atomic E-state index is -3.97. The number of primary sulfonamides is 1. The van der Waals surface area contributed by atoms with E-state index in [-0.39, 0.29) is 23.2 Å². The fourth-order valence-corrected chi connectivity index (χ4v) is 5.52. The number of fused-ring (bicyclic) bond motifs is 1. The second-order valence-corrected chi connectivity index (χ2v) is 10.7. The van der Waals surface area contributed by atoms with Gasteiger partial charge in [0, 0.05) is 28.9 Å². The zero-order valence-corrected chi connectivity index (χ0v) is 21.5. The molecule has 5 rings (SSSR count). The number of amidine groups is 1. The van der Waals surface area contributed by atoms with Crippen LogP contribution in [0.5, 0.6) is 0 Å². The molecule has 0 bridgehead atoms. The third-order valence-electron chi connectivity index (χ3n) is 6.56. The van der Waals surface area contributed by atoms with E-state index in [9.17, 15) is 18.0 Å². The predicted octanol–water partition coefficient (Wildman–Crippen LogP) is 3.62. The number of sulfonamides is 1. The van der Waals surface area contributed by atoms with E-state index in [0.717, 1.165) is 0 Å². The molecule has 0 aliphatic carbocycles. The molecule has 6 N–H and O–H groups in total. The van der Waals surface area contributed by atoms with Crippen molar-refractivity contribution in [2.75, 3.05) is 5.32 Å². The summed E-state index contributed by atoms with van der Waals surface area (Å²) in [6.45, 7) is 0.139. The average Bonchev–Trinajstić information content (AvgIpc) is 3.24. The lowest BCUT2D eigenvalue weighted by Gasteiger charge is -2.27. The Hall–Kier alpha value is -4.80. The smallest absolute Gasteiger partial charge is 0.255 e. The highest BCUT2D eigenvalue weighted by molar-refractivity contribution is 7.89. The van der Waals surface area contributed by atoms with Crippen molar-refractivity contribution in [3.8, 4) is 11.1 Å². The van der Waals surface area contributed by atoms with Crippen molar-refractivity contribution >= 4 is 33.4 Å². The number of nitrogen functional groups attached to an aromatic ring is 1. The SMILES string of the molecule is N=C(N)c1cccc(NC(=O)C(c2ccccc2)N2Cc3cc(-c4ccccc4S(N)(=O)=O)ccc3C2=O)c1. The van der Waals surface area contributed by atoms with Crippen LogP contribution in [-0.2, 0) is 21.4 Å². The number of nitrogens with two attached hydrogens (primary N) is 2. The Morgan fingerprint density at radius 2 is 1.62 bits per heavy atom. The van der Waals surface area contributed by atoms with Crippen LogP contribution < -0.4 is 16.2 Å². The topological polar surface area (TPSA) is 159 Å². The number of benzene rings is 4. The molecule has 0 fully saturated rings. The van der Waals surface area contributed by atoms with Crippen LogP contribution in [0.25, 0.3) is 11.1 Å². The van der Waals surface area contributed by atoms with Crippen LogP contribution in [0.2, 0.25) is 0 Å². The zero-order valence-electron chi connectivity index (χ0n) is 20.7. The molecule has 1 atom stereocenters. The quantitative estimate of drug-likeness (QED) is 0.208. The van der Waals surface area contributed by atoms with E-state index >= 15 is 0 Å². The van der Waals surface area contributed by atoms with Gasteiger partial charge in [0.25, 0.3) is 11.8 Å². The number of nitrogens with zero attached hydrogens (tertiary/aromatic N) is 1. The number of anilines is 1. The summed E-state index contributed by atoms with van der Waals surface area (Å²) in [5.74, 6) is -0.878. The number of rotatable bonds is 7. The third-order valence-corrected chi connectivity index (χ3v) is 7.53. The van der Waals surface area contributed by atoms with Gasteiger partial charge in [0.05, 0.1) is 4.90 Å². The van der Waals surface area contributed by atoms with Crippen molar-refractivity contribution in [1.29, 1.82) is 5.41 Å². The Bertz CT molecular complexity index is 1720. The van der Waals surface area contributed by atoms with E-state index in [1.54, 1.807) is 84.9 Å². The number of carbonyl (C=O) groups excluding carboxylic acids is 2. The van der Waals surface area contributed by atoms with Crippen LogP contribution in [0.3, 0.4) is 0 Å². The molecule has 0 saturated heterocycles. The highest BCUT2D eigenvalue weighted by atomic mass is 32.2. The average molecular weight is 540 g/mol. The first-order valence-corrected chi connectivity index (χ1v) is 13.5. The molecule has 196 valence electrons. The van der Waals surface area contributed by atoms with E-state index in [4.69, 9.17) is 16.3 Å². The Balaban J connectivity index is 1.50. The number of hydrogen-bond donors (Lipinski definition) is 4. The van der Waals surface area contributed by atoms with E-state index in [0.29, 0.717) is 39.1 Å². The highest BCUT2D eigenvalue weighted by Gasteiger charge is 2.37. The van der Waals surface area contributed by atoms with Crippen molar-refractivity contribution in [2.24, 2.45) is 10.9 Å². The van der Waals surface area contributed by atoms with E-state index < -0.39 is 22.0 Å². The lowest BCUT2D eigenvalue weighted by molar-refractivity contribution is -0.120. The fraction of sp³-hybridized carbons (Fsp3) is 0.0690. The summed E-state index contributed by atoms with van der Waals surface area (Å²) in [5.41, 5.74) is 9.23. The van der Waals surface area contributed by atoms with Gasteiger partial charge in [-0.05, 0) is 47.0 Å². The number of carbonyl (C=O) groups is 2. The normalized spacial score (nSPS) is 13.6. The minimum absolute atomic E-state index is 0.0135. The Morgan fingerprint density at radius 3 is 2.33 bits per heavy atom. The first-order chi connectivity index (χ1) is 18.6. The van der Waals surface area contributed by atoms with Crippen molar-refractivity contribution in [2.45, 2.75) is 17.5 Å². The molecule has 1 aliphatic heterocycles. The molecule has 39 heavy (non-hydrogen) atoms. The maximum absolute atomic E-state index is 13.7. The van der Waals surface area contributed by atoms with E-state index in [1.165, 1.54) is 11.0 Å². The summed E-state index contributed by atoms with van der Waals surface area (Å²) >= 11 is 0. The van der Waals surface area contributed by atoms with Gasteiger partial charge in [0.2, 0.25) is 10.0 Å². The van der Waals surface area contributed by atoms with E-state index in [1.807, 2.05) is 6.07 Å². The Morgan fingerprint density at radius 1 is 0.897 bits per heavy atom. The largest absolute Gasteiger partial charge is 0.384 e. The van der Waals surface area contributed by atoms with Gasteiger partial charge in [-0.3, -0.25) is 15.0 Å². The molecule has 1 aliphatic rings. The predicted molar refractivity (Wildman–Crippen MR) is 148 cm³/mol. The fourth-order valence-electron chi connectivity index (χ4n) is 4.76. The van der Waals surface area contributed by atoms with E-state index in [2.05, 4.69) is 5.32 Å². The van der Waals surface area contributed by atoms with Crippen LogP contribution in [0.4, 0.5) is 5.69 Å². The highest BCUT2D eigenvalue weighted by Crippen LogP contribution is 2.36. The Labute approximate surface area is 225 Å². The van der Waals surface area contributed by atoms with Crippen LogP contribution in [0.1, 0.15) is 33.1 Å². The van der Waals surface area contributed by atoms with Crippen LogP contribution in [-0.4, -0.2) is 31.0 Å². The summed E-state index contributed by atoms with van der Waals surface area (Å²) in [6, 6.07) is 26.1. The maximum atomic E-state index is 13.7. The summed E-state index contributed by atoms with van der Waals surface area (Å²) in [7, 11) is -3.97. The van der Waals surface area contributed by atoms with Gasteiger partial charge >= 0.3 is 0 Å². The lowest BCUT2D eigenvalue weighted by atomic mass is 10.0. The lowest BCUT2D eigenvalue weighted by Crippen LogP contribution is -2.37. The second kappa shape index (κ2) is 10.2. The van der Waals surface area contributed by atoms with Gasteiger partial charge in [0.15, 0.2) is 0 Å². The molecule has 10 heteroatoms. The standard InChI is InChI=1S/C29H25N5O4S/c30-27(31)20-9-6-10-22(16-20)33-28(35)26(18-7-2-1-3-8-18)34-17-21-15-19(13-14-24(21)29(34)36)23-11-4-5-12-25(23)39(32,37)38/h1-16,26H,17H2,(H3,30,31)(H,33,35)(H2,32,37,38). The van der Waals surface area contributed by atoms with Crippen LogP contribution in [0.15, 0.2) is 102 Å². The molecule has 0 spiro atoms. The van der Waals surface area contributed by atoms with Gasteiger partial charge in [-0.2, -0.15) is 0 Å². The van der Waals surface area contributed by atoms with Gasteiger partial charge in [-0.1, -0.05) is 66.7 Å². The summed E-state index contributed by atoms with van der Waals surface area (Å²) in [5, 5.41) is 15.9. The molecule has 9 nitrogen and oxygen atoms in total. The van der Waals surface area contributed by atoms with Crippen molar-refractivity contribution in [1.82, 2.24) is 4.90 Å². The third kappa shape index (κ3) is 5.15. The maximum Gasteiger partial charge on any atom is 0.255 e. The Kier molecular flexibility index (Phi) is 6.73. The molecule has 0 saturated carbocycles. The van der Waals surface area contributed by atoms with Crippen molar-refractivity contribution in [3.63, 3.8) is 0 Å². The molecule has 0 radical (unpaired) electrons. The first-order valence-electron chi connectivity index (χ1n) is 12.0. The number of amides is 2. The minimum Gasteiger partial charge on any atom is -0.384 e. The summed E-state index contributed by atoms with van der Waals surface area (Å²) < 4.78 is 24.3. The molecule has 4 aromatic rings. The molecule has 1 heterocycles. The summed E-state index contributed by atoms with van der Waals surface area (Å²) in [6.07, 6.45) is 0. The molecule has 4 aromatic carbocycles. The number of nitrogens with one attached hydrogen (secondary N) is 2. The zero-order chi connectivity index (χ0) is 27.7. The molecule has 0 aromatic heterocycles. The monoisotopic (exact) mass is 539 g/mol. The van der Waals surface area contributed by atoms with Gasteiger partial charge in [0.1, 0.15) is 11.9 Å². The molecule has 2 amide bonds. The van der Waals surface area contributed by atoms with Gasteiger partial charge < -0.3 is 16.0 Å². The first kappa shape index (κ1) is 25.8. The summed E-state index contributed by atoms with van der Waals surface area (Å²) in [4.78, 5) is 28.7. The molecular weight excluding hydrogens is 514 g/mol. The molecule has 1 unspecified atom stereocenters. The second-order valence-electron chi connectivity index (χ2n) is 9.14. The van der Waals surface area contributed by atoms with Gasteiger partial charge in [-0.25, -0.2) is 13.6 Å². The molecular formula is C29H25N5O4S.